The van der Waals surface area contributed by atoms with Gasteiger partial charge in [0.1, 0.15) is 5.82 Å². The second kappa shape index (κ2) is 11.4. The first kappa shape index (κ1) is 23.5. The highest BCUT2D eigenvalue weighted by atomic mass is 19.1. The lowest BCUT2D eigenvalue weighted by Gasteiger charge is -2.34. The van der Waals surface area contributed by atoms with Crippen LogP contribution < -0.4 is 5.32 Å². The maximum absolute atomic E-state index is 13.3. The molecule has 3 nitrogen and oxygen atoms in total. The van der Waals surface area contributed by atoms with Gasteiger partial charge in [0.15, 0.2) is 0 Å². The smallest absolute Gasteiger partial charge is 0.220 e. The fourth-order valence-corrected chi connectivity index (χ4v) is 4.76. The van der Waals surface area contributed by atoms with Crippen molar-refractivity contribution in [3.63, 3.8) is 0 Å². The van der Waals surface area contributed by atoms with Crippen LogP contribution in [0.2, 0.25) is 0 Å². The van der Waals surface area contributed by atoms with E-state index in [1.807, 2.05) is 12.1 Å². The van der Waals surface area contributed by atoms with Crippen molar-refractivity contribution in [3.05, 3.63) is 71.5 Å². The monoisotopic (exact) mass is 424 g/mol. The summed E-state index contributed by atoms with van der Waals surface area (Å²) >= 11 is 0. The molecule has 1 heterocycles. The quantitative estimate of drug-likeness (QED) is 0.558. The SMILES string of the molecule is CCC(CC)(CNC(=O)CC1CCN(CCc2ccccc2)CC1)c1ccc(F)cc1. The van der Waals surface area contributed by atoms with E-state index in [1.54, 1.807) is 0 Å². The third kappa shape index (κ3) is 6.64. The molecule has 1 N–H and O–H groups in total. The van der Waals surface area contributed by atoms with Crippen molar-refractivity contribution >= 4 is 5.91 Å². The summed E-state index contributed by atoms with van der Waals surface area (Å²) in [5.74, 6) is 0.400. The summed E-state index contributed by atoms with van der Waals surface area (Å²) in [4.78, 5) is 15.2. The summed E-state index contributed by atoms with van der Waals surface area (Å²) in [6.45, 7) is 8.15. The summed E-state index contributed by atoms with van der Waals surface area (Å²) in [5, 5.41) is 3.20. The molecule has 1 aliphatic heterocycles. The molecule has 1 saturated heterocycles. The van der Waals surface area contributed by atoms with Crippen molar-refractivity contribution < 1.29 is 9.18 Å². The van der Waals surface area contributed by atoms with Gasteiger partial charge in [-0.1, -0.05) is 56.3 Å². The van der Waals surface area contributed by atoms with Gasteiger partial charge in [0, 0.05) is 24.9 Å². The molecule has 3 rings (SSSR count). The highest BCUT2D eigenvalue weighted by Gasteiger charge is 2.29. The number of nitrogens with zero attached hydrogens (tertiary/aromatic N) is 1. The summed E-state index contributed by atoms with van der Waals surface area (Å²) < 4.78 is 13.3. The number of carbonyl (C=O) groups is 1. The number of benzene rings is 2. The van der Waals surface area contributed by atoms with E-state index in [0.29, 0.717) is 18.9 Å². The van der Waals surface area contributed by atoms with Gasteiger partial charge in [-0.25, -0.2) is 4.39 Å². The van der Waals surface area contributed by atoms with Gasteiger partial charge in [0.25, 0.3) is 0 Å². The number of carbonyl (C=O) groups excluding carboxylic acids is 1. The highest BCUT2D eigenvalue weighted by Crippen LogP contribution is 2.31. The summed E-state index contributed by atoms with van der Waals surface area (Å²) in [6, 6.07) is 17.4. The van der Waals surface area contributed by atoms with Gasteiger partial charge in [-0.15, -0.1) is 0 Å². The molecule has 4 heteroatoms. The van der Waals surface area contributed by atoms with Crippen molar-refractivity contribution in [2.75, 3.05) is 26.2 Å². The van der Waals surface area contributed by atoms with E-state index in [-0.39, 0.29) is 17.1 Å². The predicted molar refractivity (Wildman–Crippen MR) is 126 cm³/mol. The Morgan fingerprint density at radius 1 is 1.03 bits per heavy atom. The first-order valence-corrected chi connectivity index (χ1v) is 11.8. The third-order valence-corrected chi connectivity index (χ3v) is 7.17. The Hall–Kier alpha value is -2.20. The van der Waals surface area contributed by atoms with Crippen LogP contribution in [0.1, 0.15) is 57.1 Å². The van der Waals surface area contributed by atoms with E-state index < -0.39 is 0 Å². The number of halogens is 1. The van der Waals surface area contributed by atoms with Crippen LogP contribution in [0, 0.1) is 11.7 Å². The molecule has 168 valence electrons. The number of amides is 1. The van der Waals surface area contributed by atoms with Crippen LogP contribution in [0.5, 0.6) is 0 Å². The fourth-order valence-electron chi connectivity index (χ4n) is 4.76. The van der Waals surface area contributed by atoms with Crippen LogP contribution in [-0.4, -0.2) is 37.0 Å². The van der Waals surface area contributed by atoms with Crippen molar-refractivity contribution in [1.82, 2.24) is 10.2 Å². The van der Waals surface area contributed by atoms with Crippen molar-refractivity contribution in [2.24, 2.45) is 5.92 Å². The van der Waals surface area contributed by atoms with E-state index in [4.69, 9.17) is 0 Å². The van der Waals surface area contributed by atoms with Crippen molar-refractivity contribution in [2.45, 2.75) is 57.8 Å². The van der Waals surface area contributed by atoms with E-state index >= 15 is 0 Å². The average Bonchev–Trinajstić information content (AvgIpc) is 2.81. The molecule has 2 aromatic carbocycles. The zero-order valence-electron chi connectivity index (χ0n) is 19.1. The molecule has 1 amide bonds. The molecular weight excluding hydrogens is 387 g/mol. The van der Waals surface area contributed by atoms with Gasteiger partial charge in [-0.05, 0) is 74.4 Å². The molecule has 1 fully saturated rings. The highest BCUT2D eigenvalue weighted by molar-refractivity contribution is 5.76. The number of likely N-dealkylation sites (tertiary alicyclic amines) is 1. The van der Waals surface area contributed by atoms with Crippen LogP contribution in [0.4, 0.5) is 4.39 Å². The van der Waals surface area contributed by atoms with Crippen molar-refractivity contribution in [1.29, 1.82) is 0 Å². The minimum Gasteiger partial charge on any atom is -0.355 e. The van der Waals surface area contributed by atoms with Gasteiger partial charge >= 0.3 is 0 Å². The van der Waals surface area contributed by atoms with Crippen molar-refractivity contribution in [3.8, 4) is 0 Å². The molecule has 31 heavy (non-hydrogen) atoms. The van der Waals surface area contributed by atoms with Gasteiger partial charge in [0.2, 0.25) is 5.91 Å². The van der Waals surface area contributed by atoms with E-state index in [9.17, 15) is 9.18 Å². The Labute approximate surface area is 187 Å². The molecule has 0 atom stereocenters. The summed E-state index contributed by atoms with van der Waals surface area (Å²) in [6.07, 6.45) is 5.70. The van der Waals surface area contributed by atoms with Gasteiger partial charge in [-0.2, -0.15) is 0 Å². The second-order valence-corrected chi connectivity index (χ2v) is 9.00. The normalized spacial score (nSPS) is 15.7. The zero-order chi connectivity index (χ0) is 22.1. The van der Waals surface area contributed by atoms with Crippen LogP contribution in [-0.2, 0) is 16.6 Å². The Morgan fingerprint density at radius 2 is 1.68 bits per heavy atom. The van der Waals surface area contributed by atoms with E-state index in [0.717, 1.165) is 57.3 Å². The first-order valence-electron chi connectivity index (χ1n) is 11.8. The zero-order valence-corrected chi connectivity index (χ0v) is 19.1. The lowest BCUT2D eigenvalue weighted by atomic mass is 9.75. The predicted octanol–water partition coefficient (Wildman–Crippen LogP) is 5.34. The Bertz CT molecular complexity index is 794. The molecule has 0 aliphatic carbocycles. The number of hydrogen-bond acceptors (Lipinski definition) is 2. The first-order chi connectivity index (χ1) is 15.0. The Kier molecular flexibility index (Phi) is 8.65. The molecule has 0 bridgehead atoms. The molecule has 0 spiro atoms. The molecule has 0 aromatic heterocycles. The topological polar surface area (TPSA) is 32.3 Å². The molecular formula is C27H37FN2O. The maximum Gasteiger partial charge on any atom is 0.220 e. The van der Waals surface area contributed by atoms with Gasteiger partial charge in [-0.3, -0.25) is 4.79 Å². The third-order valence-electron chi connectivity index (χ3n) is 7.17. The van der Waals surface area contributed by atoms with Gasteiger partial charge in [0.05, 0.1) is 0 Å². The minimum atomic E-state index is -0.219. The largest absolute Gasteiger partial charge is 0.355 e. The Balaban J connectivity index is 1.42. The van der Waals surface area contributed by atoms with Crippen LogP contribution in [0.15, 0.2) is 54.6 Å². The fraction of sp³-hybridized carbons (Fsp3) is 0.519. The molecule has 0 unspecified atom stereocenters. The van der Waals surface area contributed by atoms with Crippen LogP contribution in [0.25, 0.3) is 0 Å². The number of hydrogen-bond donors (Lipinski definition) is 1. The summed E-state index contributed by atoms with van der Waals surface area (Å²) in [5.41, 5.74) is 2.36. The lowest BCUT2D eigenvalue weighted by molar-refractivity contribution is -0.122. The Morgan fingerprint density at radius 3 is 2.29 bits per heavy atom. The van der Waals surface area contributed by atoms with E-state index in [2.05, 4.69) is 54.4 Å². The number of nitrogens with one attached hydrogen (secondary N) is 1. The standard InChI is InChI=1S/C27H37FN2O/c1-3-27(4-2,24-10-12-25(28)13-11-24)21-29-26(31)20-23-15-18-30(19-16-23)17-14-22-8-6-5-7-9-22/h5-13,23H,3-4,14-21H2,1-2H3,(H,29,31). The molecule has 0 saturated carbocycles. The number of piperidine rings is 1. The molecule has 2 aromatic rings. The van der Waals surface area contributed by atoms with E-state index in [1.165, 1.54) is 17.7 Å². The lowest BCUT2D eigenvalue weighted by Crippen LogP contribution is -2.41. The van der Waals surface area contributed by atoms with Crippen LogP contribution in [0.3, 0.4) is 0 Å². The average molecular weight is 425 g/mol. The van der Waals surface area contributed by atoms with Gasteiger partial charge < -0.3 is 10.2 Å². The molecule has 0 radical (unpaired) electrons. The van der Waals surface area contributed by atoms with Crippen LogP contribution >= 0.6 is 0 Å². The molecule has 1 aliphatic rings. The minimum absolute atomic E-state index is 0.135. The number of rotatable bonds is 10. The maximum atomic E-state index is 13.3. The summed E-state index contributed by atoms with van der Waals surface area (Å²) in [7, 11) is 0. The second-order valence-electron chi connectivity index (χ2n) is 9.00.